The smallest absolute Gasteiger partial charge is 0.190 e. The van der Waals surface area contributed by atoms with E-state index in [1.54, 1.807) is 31.3 Å². The van der Waals surface area contributed by atoms with Gasteiger partial charge in [0.05, 0.1) is 0 Å². The second-order valence-corrected chi connectivity index (χ2v) is 5.14. The number of aliphatic imine (C=N–C) groups is 1. The lowest BCUT2D eigenvalue weighted by atomic mass is 10.1. The molecular formula is C18H22F2IN3. The molecule has 0 atom stereocenters. The molecule has 0 aliphatic carbocycles. The number of nitrogens with zero attached hydrogens (tertiary/aromatic N) is 1. The van der Waals surface area contributed by atoms with Gasteiger partial charge in [0.1, 0.15) is 11.6 Å². The van der Waals surface area contributed by atoms with Gasteiger partial charge in [0, 0.05) is 20.1 Å². The Labute approximate surface area is 158 Å². The van der Waals surface area contributed by atoms with Gasteiger partial charge in [-0.05, 0) is 42.2 Å². The first-order valence-corrected chi connectivity index (χ1v) is 7.61. The van der Waals surface area contributed by atoms with Crippen molar-refractivity contribution in [1.29, 1.82) is 0 Å². The van der Waals surface area contributed by atoms with Crippen LogP contribution < -0.4 is 10.6 Å². The summed E-state index contributed by atoms with van der Waals surface area (Å²) in [4.78, 5) is 4.13. The van der Waals surface area contributed by atoms with Gasteiger partial charge in [-0.15, -0.1) is 24.0 Å². The van der Waals surface area contributed by atoms with Crippen LogP contribution in [-0.2, 0) is 12.8 Å². The summed E-state index contributed by atoms with van der Waals surface area (Å²) in [5, 5.41) is 6.34. The van der Waals surface area contributed by atoms with Crippen LogP contribution in [0.15, 0.2) is 53.5 Å². The van der Waals surface area contributed by atoms with Crippen molar-refractivity contribution < 1.29 is 8.78 Å². The Balaban J connectivity index is 0.00000288. The maximum atomic E-state index is 13.5. The number of hydrogen-bond donors (Lipinski definition) is 2. The molecule has 130 valence electrons. The predicted molar refractivity (Wildman–Crippen MR) is 105 cm³/mol. The van der Waals surface area contributed by atoms with Crippen molar-refractivity contribution in [3.05, 3.63) is 71.3 Å². The molecule has 0 saturated carbocycles. The highest BCUT2D eigenvalue weighted by Crippen LogP contribution is 2.06. The fourth-order valence-electron chi connectivity index (χ4n) is 2.21. The second kappa shape index (κ2) is 11.0. The highest BCUT2D eigenvalue weighted by atomic mass is 127. The molecule has 0 amide bonds. The molecule has 0 heterocycles. The fourth-order valence-corrected chi connectivity index (χ4v) is 2.21. The Bertz CT molecular complexity index is 645. The third kappa shape index (κ3) is 6.82. The van der Waals surface area contributed by atoms with Crippen molar-refractivity contribution in [2.24, 2.45) is 4.99 Å². The zero-order chi connectivity index (χ0) is 16.5. The highest BCUT2D eigenvalue weighted by molar-refractivity contribution is 14.0. The topological polar surface area (TPSA) is 36.4 Å². The molecule has 0 radical (unpaired) electrons. The third-order valence-corrected chi connectivity index (χ3v) is 3.49. The average molecular weight is 445 g/mol. The van der Waals surface area contributed by atoms with Crippen LogP contribution in [0.2, 0.25) is 0 Å². The van der Waals surface area contributed by atoms with Gasteiger partial charge in [-0.3, -0.25) is 4.99 Å². The van der Waals surface area contributed by atoms with Crippen molar-refractivity contribution in [2.45, 2.75) is 12.8 Å². The molecule has 6 heteroatoms. The van der Waals surface area contributed by atoms with E-state index in [1.807, 2.05) is 6.07 Å². The van der Waals surface area contributed by atoms with E-state index in [0.717, 1.165) is 12.0 Å². The van der Waals surface area contributed by atoms with E-state index in [1.165, 1.54) is 18.2 Å². The summed E-state index contributed by atoms with van der Waals surface area (Å²) in [5.41, 5.74) is 1.74. The quantitative estimate of drug-likeness (QED) is 0.406. The summed E-state index contributed by atoms with van der Waals surface area (Å²) < 4.78 is 26.3. The van der Waals surface area contributed by atoms with Crippen LogP contribution in [0.25, 0.3) is 0 Å². The lowest BCUT2D eigenvalue weighted by molar-refractivity contribution is 0.606. The van der Waals surface area contributed by atoms with E-state index < -0.39 is 0 Å². The molecule has 0 unspecified atom stereocenters. The van der Waals surface area contributed by atoms with Crippen molar-refractivity contribution in [3.63, 3.8) is 0 Å². The monoisotopic (exact) mass is 445 g/mol. The van der Waals surface area contributed by atoms with E-state index in [2.05, 4.69) is 15.6 Å². The van der Waals surface area contributed by atoms with Gasteiger partial charge in [0.2, 0.25) is 0 Å². The van der Waals surface area contributed by atoms with Crippen molar-refractivity contribution >= 4 is 29.9 Å². The largest absolute Gasteiger partial charge is 0.356 e. The van der Waals surface area contributed by atoms with Crippen molar-refractivity contribution in [2.75, 3.05) is 20.1 Å². The normalized spacial score (nSPS) is 10.9. The van der Waals surface area contributed by atoms with Gasteiger partial charge >= 0.3 is 0 Å². The van der Waals surface area contributed by atoms with E-state index in [4.69, 9.17) is 0 Å². The summed E-state index contributed by atoms with van der Waals surface area (Å²) >= 11 is 0. The Morgan fingerprint density at radius 3 is 2.17 bits per heavy atom. The fraction of sp³-hybridized carbons (Fsp3) is 0.278. The molecule has 2 N–H and O–H groups in total. The van der Waals surface area contributed by atoms with Gasteiger partial charge < -0.3 is 10.6 Å². The number of nitrogens with one attached hydrogen (secondary N) is 2. The summed E-state index contributed by atoms with van der Waals surface area (Å²) in [6.07, 6.45) is 1.36. The van der Waals surface area contributed by atoms with Crippen molar-refractivity contribution in [1.82, 2.24) is 10.6 Å². The Morgan fingerprint density at radius 2 is 1.54 bits per heavy atom. The molecule has 3 nitrogen and oxygen atoms in total. The lowest BCUT2D eigenvalue weighted by Gasteiger charge is -2.12. The minimum absolute atomic E-state index is 0. The van der Waals surface area contributed by atoms with Crippen molar-refractivity contribution in [3.8, 4) is 0 Å². The van der Waals surface area contributed by atoms with Crippen LogP contribution in [0, 0.1) is 11.6 Å². The molecule has 0 fully saturated rings. The zero-order valence-electron chi connectivity index (χ0n) is 13.6. The molecule has 0 spiro atoms. The van der Waals surface area contributed by atoms with E-state index in [0.29, 0.717) is 31.0 Å². The van der Waals surface area contributed by atoms with Crippen LogP contribution >= 0.6 is 24.0 Å². The van der Waals surface area contributed by atoms with Crippen LogP contribution in [0.5, 0.6) is 0 Å². The summed E-state index contributed by atoms with van der Waals surface area (Å²) in [6.45, 7) is 1.28. The summed E-state index contributed by atoms with van der Waals surface area (Å²) in [6, 6.07) is 13.2. The SMILES string of the molecule is CN=C(NCCc1ccc(F)cc1)NCCc1ccccc1F.I. The molecule has 2 aromatic carbocycles. The first-order valence-electron chi connectivity index (χ1n) is 7.61. The molecule has 0 aromatic heterocycles. The number of guanidine groups is 1. The van der Waals surface area contributed by atoms with Gasteiger partial charge in [-0.25, -0.2) is 8.78 Å². The standard InChI is InChI=1S/C18H21F2N3.HI/c1-21-18(22-12-10-14-6-8-16(19)9-7-14)23-13-11-15-4-2-3-5-17(15)20;/h2-9H,10-13H2,1H3,(H2,21,22,23);1H. The average Bonchev–Trinajstić information content (AvgIpc) is 2.57. The van der Waals surface area contributed by atoms with Gasteiger partial charge in [-0.1, -0.05) is 30.3 Å². The molecule has 2 rings (SSSR count). The lowest BCUT2D eigenvalue weighted by Crippen LogP contribution is -2.39. The maximum absolute atomic E-state index is 13.5. The highest BCUT2D eigenvalue weighted by Gasteiger charge is 2.02. The van der Waals surface area contributed by atoms with Crippen LogP contribution in [-0.4, -0.2) is 26.1 Å². The van der Waals surface area contributed by atoms with E-state index in [9.17, 15) is 8.78 Å². The Hall–Kier alpha value is -1.70. The second-order valence-electron chi connectivity index (χ2n) is 5.14. The molecule has 2 aromatic rings. The molecule has 0 aliphatic heterocycles. The van der Waals surface area contributed by atoms with E-state index >= 15 is 0 Å². The first-order chi connectivity index (χ1) is 11.2. The van der Waals surface area contributed by atoms with Gasteiger partial charge in [-0.2, -0.15) is 0 Å². The number of benzene rings is 2. The van der Waals surface area contributed by atoms with Crippen LogP contribution in [0.3, 0.4) is 0 Å². The van der Waals surface area contributed by atoms with Crippen LogP contribution in [0.4, 0.5) is 8.78 Å². The van der Waals surface area contributed by atoms with Gasteiger partial charge in [0.25, 0.3) is 0 Å². The minimum atomic E-state index is -0.229. The minimum Gasteiger partial charge on any atom is -0.356 e. The maximum Gasteiger partial charge on any atom is 0.190 e. The molecular weight excluding hydrogens is 423 g/mol. The molecule has 24 heavy (non-hydrogen) atoms. The zero-order valence-corrected chi connectivity index (χ0v) is 15.9. The molecule has 0 aliphatic rings. The number of hydrogen-bond acceptors (Lipinski definition) is 1. The number of rotatable bonds is 6. The van der Waals surface area contributed by atoms with Gasteiger partial charge in [0.15, 0.2) is 5.96 Å². The van der Waals surface area contributed by atoms with E-state index in [-0.39, 0.29) is 35.6 Å². The predicted octanol–water partition coefficient (Wildman–Crippen LogP) is 3.53. The summed E-state index contributed by atoms with van der Waals surface area (Å²) in [7, 11) is 1.69. The summed E-state index contributed by atoms with van der Waals surface area (Å²) in [5.74, 6) is 0.254. The number of halogens is 3. The Morgan fingerprint density at radius 1 is 0.917 bits per heavy atom. The molecule has 0 saturated heterocycles. The first kappa shape index (κ1) is 20.3. The molecule has 0 bridgehead atoms. The van der Waals surface area contributed by atoms with Crippen LogP contribution in [0.1, 0.15) is 11.1 Å². The third-order valence-electron chi connectivity index (χ3n) is 3.49. The Kier molecular flexibility index (Phi) is 9.29.